The molecule has 7 nitrogen and oxygen atoms in total. The number of amides is 2. The lowest BCUT2D eigenvalue weighted by Crippen LogP contribution is -2.28. The van der Waals surface area contributed by atoms with Crippen LogP contribution in [-0.4, -0.2) is 29.0 Å². The number of primary amides is 1. The van der Waals surface area contributed by atoms with Crippen LogP contribution in [0.15, 0.2) is 48.5 Å². The van der Waals surface area contributed by atoms with Gasteiger partial charge in [0.15, 0.2) is 6.61 Å². The molecule has 32 heavy (non-hydrogen) atoms. The molecule has 0 aliphatic rings. The quantitative estimate of drug-likeness (QED) is 0.435. The van der Waals surface area contributed by atoms with Crippen molar-refractivity contribution >= 4 is 17.8 Å². The first-order chi connectivity index (χ1) is 15.2. The molecule has 0 aliphatic heterocycles. The smallest absolute Gasteiger partial charge is 0.338 e. The van der Waals surface area contributed by atoms with Crippen molar-refractivity contribution in [1.82, 2.24) is 9.88 Å². The van der Waals surface area contributed by atoms with E-state index in [9.17, 15) is 14.4 Å². The number of nitrogens with one attached hydrogen (secondary N) is 1. The van der Waals surface area contributed by atoms with Gasteiger partial charge in [0.2, 0.25) is 5.78 Å². The first-order valence-corrected chi connectivity index (χ1v) is 10.3. The number of Topliss-reactive ketones (excluding diaryl/α,β-unsaturated/α-hetero) is 1. The Morgan fingerprint density at radius 2 is 1.62 bits per heavy atom. The summed E-state index contributed by atoms with van der Waals surface area (Å²) in [7, 11) is 0. The highest BCUT2D eigenvalue weighted by Crippen LogP contribution is 2.23. The van der Waals surface area contributed by atoms with Crippen LogP contribution in [0, 0.1) is 27.7 Å². The van der Waals surface area contributed by atoms with Crippen LogP contribution >= 0.6 is 0 Å². The average molecular weight is 434 g/mol. The molecule has 3 aromatic rings. The largest absolute Gasteiger partial charge is 0.454 e. The van der Waals surface area contributed by atoms with Gasteiger partial charge < -0.3 is 20.4 Å². The molecule has 2 aromatic carbocycles. The Morgan fingerprint density at radius 3 is 2.25 bits per heavy atom. The summed E-state index contributed by atoms with van der Waals surface area (Å²) in [6.07, 6.45) is 0. The van der Waals surface area contributed by atoms with Gasteiger partial charge in [0.1, 0.15) is 0 Å². The molecule has 0 unspecified atom stereocenters. The van der Waals surface area contributed by atoms with Gasteiger partial charge in [-0.15, -0.1) is 0 Å². The maximum atomic E-state index is 12.8. The number of esters is 1. The lowest BCUT2D eigenvalue weighted by molar-refractivity contribution is 0.0474. The summed E-state index contributed by atoms with van der Waals surface area (Å²) in [5.74, 6) is -0.848. The van der Waals surface area contributed by atoms with Crippen LogP contribution in [0.1, 0.15) is 48.8 Å². The Kier molecular flexibility index (Phi) is 6.78. The molecule has 0 saturated carbocycles. The van der Waals surface area contributed by atoms with E-state index >= 15 is 0 Å². The summed E-state index contributed by atoms with van der Waals surface area (Å²) in [4.78, 5) is 35.9. The number of ether oxygens (including phenoxy) is 1. The monoisotopic (exact) mass is 433 g/mol. The highest BCUT2D eigenvalue weighted by molar-refractivity contribution is 6.00. The van der Waals surface area contributed by atoms with Crippen molar-refractivity contribution in [2.45, 2.75) is 34.2 Å². The molecular formula is C25H27N3O4. The first kappa shape index (κ1) is 22.8. The molecule has 3 rings (SSSR count). The summed E-state index contributed by atoms with van der Waals surface area (Å²) < 4.78 is 7.27. The van der Waals surface area contributed by atoms with Gasteiger partial charge in [-0.25, -0.2) is 9.59 Å². The number of aromatic nitrogens is 1. The number of nitrogens with zero attached hydrogens (tertiary/aromatic N) is 1. The second-order valence-electron chi connectivity index (χ2n) is 7.80. The zero-order chi connectivity index (χ0) is 23.4. The molecule has 0 atom stereocenters. The molecule has 0 bridgehead atoms. The van der Waals surface area contributed by atoms with Crippen LogP contribution in [0.3, 0.4) is 0 Å². The zero-order valence-corrected chi connectivity index (χ0v) is 18.7. The molecule has 0 aliphatic carbocycles. The predicted molar refractivity (Wildman–Crippen MR) is 122 cm³/mol. The Labute approximate surface area is 187 Å². The molecule has 0 spiro atoms. The van der Waals surface area contributed by atoms with Gasteiger partial charge in [0.05, 0.1) is 5.56 Å². The zero-order valence-electron chi connectivity index (χ0n) is 18.7. The number of benzene rings is 2. The van der Waals surface area contributed by atoms with Crippen molar-refractivity contribution in [3.63, 3.8) is 0 Å². The average Bonchev–Trinajstić information content (AvgIpc) is 3.06. The third-order valence-electron chi connectivity index (χ3n) is 5.47. The normalized spacial score (nSPS) is 10.6. The van der Waals surface area contributed by atoms with Gasteiger partial charge >= 0.3 is 12.0 Å². The standard InChI is InChI=1S/C25H27N3O4/c1-15-5-10-21(11-16(15)2)28-17(3)12-22(18(28)4)23(29)14-32-24(30)20-8-6-19(7-9-20)13-27-25(26)31/h5-12H,13-14H2,1-4H3,(H3,26,27,31). The Hall–Kier alpha value is -3.87. The van der Waals surface area contributed by atoms with Crippen molar-refractivity contribution in [2.75, 3.05) is 6.61 Å². The van der Waals surface area contributed by atoms with Gasteiger partial charge in [0, 0.05) is 29.2 Å². The maximum absolute atomic E-state index is 12.8. The highest BCUT2D eigenvalue weighted by Gasteiger charge is 2.19. The summed E-state index contributed by atoms with van der Waals surface area (Å²) in [5, 5.41) is 2.47. The minimum atomic E-state index is -0.621. The SMILES string of the molecule is Cc1ccc(-n2c(C)cc(C(=O)COC(=O)c3ccc(CNC(N)=O)cc3)c2C)cc1C. The van der Waals surface area contributed by atoms with E-state index in [4.69, 9.17) is 10.5 Å². The number of rotatable bonds is 7. The summed E-state index contributed by atoms with van der Waals surface area (Å²) in [6, 6.07) is 13.9. The van der Waals surface area contributed by atoms with E-state index in [-0.39, 0.29) is 18.9 Å². The lowest BCUT2D eigenvalue weighted by Gasteiger charge is -2.12. The lowest BCUT2D eigenvalue weighted by atomic mass is 10.1. The van der Waals surface area contributed by atoms with Crippen molar-refractivity contribution in [1.29, 1.82) is 0 Å². The van der Waals surface area contributed by atoms with Crippen molar-refractivity contribution in [3.8, 4) is 5.69 Å². The van der Waals surface area contributed by atoms with E-state index in [1.807, 2.05) is 30.5 Å². The molecule has 1 heterocycles. The number of hydrogen-bond donors (Lipinski definition) is 2. The van der Waals surface area contributed by atoms with Crippen LogP contribution < -0.4 is 11.1 Å². The number of carbonyl (C=O) groups is 3. The van der Waals surface area contributed by atoms with E-state index in [2.05, 4.69) is 31.3 Å². The molecule has 1 aromatic heterocycles. The van der Waals surface area contributed by atoms with E-state index in [0.29, 0.717) is 11.1 Å². The highest BCUT2D eigenvalue weighted by atomic mass is 16.5. The van der Waals surface area contributed by atoms with Gasteiger partial charge in [0.25, 0.3) is 0 Å². The first-order valence-electron chi connectivity index (χ1n) is 10.3. The second-order valence-corrected chi connectivity index (χ2v) is 7.80. The van der Waals surface area contributed by atoms with Crippen molar-refractivity contribution in [3.05, 3.63) is 87.7 Å². The molecular weight excluding hydrogens is 406 g/mol. The molecule has 3 N–H and O–H groups in total. The number of aryl methyl sites for hydroxylation is 3. The van der Waals surface area contributed by atoms with Crippen LogP contribution in [-0.2, 0) is 11.3 Å². The molecule has 7 heteroatoms. The van der Waals surface area contributed by atoms with Gasteiger partial charge in [-0.05, 0) is 74.7 Å². The fourth-order valence-corrected chi connectivity index (χ4v) is 3.55. The van der Waals surface area contributed by atoms with E-state index in [1.54, 1.807) is 24.3 Å². The van der Waals surface area contributed by atoms with Gasteiger partial charge in [-0.1, -0.05) is 18.2 Å². The predicted octanol–water partition coefficient (Wildman–Crippen LogP) is 3.92. The fourth-order valence-electron chi connectivity index (χ4n) is 3.55. The van der Waals surface area contributed by atoms with Crippen LogP contribution in [0.5, 0.6) is 0 Å². The van der Waals surface area contributed by atoms with Gasteiger partial charge in [-0.3, -0.25) is 4.79 Å². The van der Waals surface area contributed by atoms with Crippen molar-refractivity contribution < 1.29 is 19.1 Å². The minimum absolute atomic E-state index is 0.260. The topological polar surface area (TPSA) is 103 Å². The van der Waals surface area contributed by atoms with Crippen LogP contribution in [0.25, 0.3) is 5.69 Å². The Balaban J connectivity index is 1.68. The second kappa shape index (κ2) is 9.51. The van der Waals surface area contributed by atoms with Crippen LogP contribution in [0.2, 0.25) is 0 Å². The van der Waals surface area contributed by atoms with Gasteiger partial charge in [-0.2, -0.15) is 0 Å². The van der Waals surface area contributed by atoms with Crippen molar-refractivity contribution in [2.24, 2.45) is 5.73 Å². The third kappa shape index (κ3) is 5.06. The van der Waals surface area contributed by atoms with E-state index in [0.717, 1.165) is 22.6 Å². The number of nitrogens with two attached hydrogens (primary N) is 1. The number of hydrogen-bond acceptors (Lipinski definition) is 4. The Bertz CT molecular complexity index is 1180. The van der Waals surface area contributed by atoms with E-state index in [1.165, 1.54) is 11.1 Å². The summed E-state index contributed by atoms with van der Waals surface area (Å²) >= 11 is 0. The number of carbonyl (C=O) groups excluding carboxylic acids is 3. The molecule has 0 radical (unpaired) electrons. The minimum Gasteiger partial charge on any atom is -0.454 e. The van der Waals surface area contributed by atoms with Crippen LogP contribution in [0.4, 0.5) is 4.79 Å². The molecule has 0 fully saturated rings. The summed E-state index contributed by atoms with van der Waals surface area (Å²) in [6.45, 7) is 7.86. The fraction of sp³-hybridized carbons (Fsp3) is 0.240. The summed E-state index contributed by atoms with van der Waals surface area (Å²) in [5.41, 5.74) is 11.8. The molecule has 2 amide bonds. The number of urea groups is 1. The molecule has 0 saturated heterocycles. The van der Waals surface area contributed by atoms with E-state index < -0.39 is 12.0 Å². The number of ketones is 1. The Morgan fingerprint density at radius 1 is 0.938 bits per heavy atom. The maximum Gasteiger partial charge on any atom is 0.338 e. The third-order valence-corrected chi connectivity index (χ3v) is 5.47. The molecule has 166 valence electrons.